The van der Waals surface area contributed by atoms with E-state index in [1.807, 2.05) is 0 Å². The van der Waals surface area contributed by atoms with Gasteiger partial charge in [-0.1, -0.05) is 31.1 Å². The monoisotopic (exact) mass is 471 g/mol. The Kier molecular flexibility index (Phi) is 13.3. The molecule has 1 saturated heterocycles. The van der Waals surface area contributed by atoms with Crippen LogP contribution in [0.1, 0.15) is 70.6 Å². The first kappa shape index (κ1) is 27.2. The molecule has 1 aliphatic carbocycles. The Labute approximate surface area is 193 Å². The fourth-order valence-corrected chi connectivity index (χ4v) is 4.87. The van der Waals surface area contributed by atoms with Crippen LogP contribution in [0.15, 0.2) is 0 Å². The number of ether oxygens (including phenoxy) is 1. The Balaban J connectivity index is 1.65. The fourth-order valence-electron chi connectivity index (χ4n) is 4.49. The number of hydrogen-bond acceptors (Lipinski definition) is 7. The highest BCUT2D eigenvalue weighted by molar-refractivity contribution is 7.33. The number of carbonyl (C=O) groups excluding carboxylic acids is 1. The van der Waals surface area contributed by atoms with Crippen LogP contribution in [0, 0.1) is 23.7 Å². The van der Waals surface area contributed by atoms with Gasteiger partial charge in [0.25, 0.3) is 0 Å². The highest BCUT2D eigenvalue weighted by Gasteiger charge is 2.40. The first-order chi connectivity index (χ1) is 15.5. The molecule has 9 heteroatoms. The molecule has 1 amide bonds. The van der Waals surface area contributed by atoms with Crippen LogP contribution in [0.3, 0.4) is 0 Å². The average Bonchev–Trinajstić information content (AvgIpc) is 3.14. The lowest BCUT2D eigenvalue weighted by Crippen LogP contribution is -2.26. The Morgan fingerprint density at radius 2 is 1.97 bits per heavy atom. The van der Waals surface area contributed by atoms with Gasteiger partial charge in [0.15, 0.2) is 0 Å². The van der Waals surface area contributed by atoms with Gasteiger partial charge in [-0.15, -0.1) is 9.05 Å². The highest BCUT2D eigenvalue weighted by Crippen LogP contribution is 2.35. The van der Waals surface area contributed by atoms with Gasteiger partial charge in [0, 0.05) is 23.3 Å². The van der Waals surface area contributed by atoms with Crippen molar-refractivity contribution >= 4 is 14.2 Å². The Morgan fingerprint density at radius 3 is 2.66 bits per heavy atom. The zero-order valence-corrected chi connectivity index (χ0v) is 20.2. The molecule has 8 nitrogen and oxygen atoms in total. The first-order valence-electron chi connectivity index (χ1n) is 12.0. The molecule has 0 spiro atoms. The molecule has 1 saturated carbocycles. The Morgan fingerprint density at radius 1 is 1.22 bits per heavy atom. The number of aliphatic hydroxyl groups excluding tert-OH is 1. The summed E-state index contributed by atoms with van der Waals surface area (Å²) in [7, 11) is -0.830. The molecular formula is C23H40N2O6P+. The van der Waals surface area contributed by atoms with E-state index in [9.17, 15) is 14.5 Å². The van der Waals surface area contributed by atoms with Crippen molar-refractivity contribution in [2.75, 3.05) is 26.8 Å². The van der Waals surface area contributed by atoms with Gasteiger partial charge < -0.3 is 20.9 Å². The predicted octanol–water partition coefficient (Wildman–Crippen LogP) is 3.05. The third kappa shape index (κ3) is 10.2. The van der Waals surface area contributed by atoms with E-state index in [-0.39, 0.29) is 18.6 Å². The molecule has 0 aromatic heterocycles. The second-order valence-corrected chi connectivity index (χ2v) is 9.80. The van der Waals surface area contributed by atoms with Gasteiger partial charge >= 0.3 is 8.25 Å². The van der Waals surface area contributed by atoms with Crippen LogP contribution in [0.2, 0.25) is 0 Å². The minimum absolute atomic E-state index is 0.0155. The van der Waals surface area contributed by atoms with E-state index in [0.717, 1.165) is 57.8 Å². The third-order valence-electron chi connectivity index (χ3n) is 6.31. The van der Waals surface area contributed by atoms with Crippen LogP contribution in [0.25, 0.3) is 0 Å². The summed E-state index contributed by atoms with van der Waals surface area (Å²) in [6.45, 7) is 1.18. The van der Waals surface area contributed by atoms with Crippen molar-refractivity contribution in [3.8, 4) is 11.8 Å². The lowest BCUT2D eigenvalue weighted by molar-refractivity contribution is -0.120. The maximum Gasteiger partial charge on any atom is 0.697 e. The second-order valence-electron chi connectivity index (χ2n) is 8.73. The molecule has 1 unspecified atom stereocenters. The van der Waals surface area contributed by atoms with Crippen molar-refractivity contribution in [1.29, 1.82) is 0 Å². The summed E-state index contributed by atoms with van der Waals surface area (Å²) in [5.41, 5.74) is 5.46. The van der Waals surface area contributed by atoms with Gasteiger partial charge in [0.05, 0.1) is 25.9 Å². The van der Waals surface area contributed by atoms with Crippen LogP contribution in [-0.4, -0.2) is 56.1 Å². The molecule has 1 heterocycles. The number of carbonyl (C=O) groups is 1. The maximum atomic E-state index is 11.8. The molecule has 1 aliphatic heterocycles. The summed E-state index contributed by atoms with van der Waals surface area (Å²) in [6.07, 6.45) is 9.29. The first-order valence-corrected chi connectivity index (χ1v) is 13.1. The van der Waals surface area contributed by atoms with E-state index in [2.05, 4.69) is 21.7 Å². The van der Waals surface area contributed by atoms with E-state index in [0.29, 0.717) is 37.8 Å². The number of unbranched alkanes of at least 4 members (excludes halogenated alkanes) is 2. The number of nitrogens with two attached hydrogens (primary N) is 1. The van der Waals surface area contributed by atoms with Crippen molar-refractivity contribution < 1.29 is 28.3 Å². The number of aliphatic hydroxyl groups is 1. The van der Waals surface area contributed by atoms with Crippen LogP contribution in [0.5, 0.6) is 0 Å². The number of nitrogens with one attached hydrogen (secondary N) is 1. The standard InChI is InChI=1S/C23H39N2O6P/c1-29-32(28)30-17-22-20(26)16-21(31-22)19-11-5-8-18(9-6-12-19)10-7-15-25-23(27)13-3-2-4-14-24/h18-22,26H,2-6,8-9,11-17,24H2,1H3/p+1/t18?,19?,20-,21-,22-/m1/s1. The van der Waals surface area contributed by atoms with Gasteiger partial charge in [-0.3, -0.25) is 4.79 Å². The summed E-state index contributed by atoms with van der Waals surface area (Å²) in [4.78, 5) is 11.8. The molecule has 4 atom stereocenters. The summed E-state index contributed by atoms with van der Waals surface area (Å²) in [6, 6.07) is 0. The van der Waals surface area contributed by atoms with Gasteiger partial charge in [0.1, 0.15) is 12.7 Å². The molecule has 0 aromatic carbocycles. The second kappa shape index (κ2) is 15.7. The molecule has 0 aromatic rings. The Hall–Kier alpha value is -1.07. The molecule has 2 aliphatic rings. The van der Waals surface area contributed by atoms with Crippen molar-refractivity contribution in [2.24, 2.45) is 17.6 Å². The van der Waals surface area contributed by atoms with Crippen LogP contribution < -0.4 is 11.1 Å². The van der Waals surface area contributed by atoms with E-state index in [4.69, 9.17) is 15.0 Å². The van der Waals surface area contributed by atoms with Gasteiger partial charge in [-0.05, 0) is 51.0 Å². The molecule has 0 bridgehead atoms. The predicted molar refractivity (Wildman–Crippen MR) is 123 cm³/mol. The average molecular weight is 472 g/mol. The third-order valence-corrected chi connectivity index (χ3v) is 6.97. The van der Waals surface area contributed by atoms with Crippen LogP contribution >= 0.6 is 8.25 Å². The van der Waals surface area contributed by atoms with E-state index in [1.165, 1.54) is 7.11 Å². The number of rotatable bonds is 11. The molecule has 2 fully saturated rings. The van der Waals surface area contributed by atoms with Crippen molar-refractivity contribution in [3.05, 3.63) is 0 Å². The van der Waals surface area contributed by atoms with Crippen molar-refractivity contribution in [3.63, 3.8) is 0 Å². The zero-order valence-electron chi connectivity index (χ0n) is 19.3. The van der Waals surface area contributed by atoms with Gasteiger partial charge in [-0.2, -0.15) is 0 Å². The lowest BCUT2D eigenvalue weighted by Gasteiger charge is -2.26. The summed E-state index contributed by atoms with van der Waals surface area (Å²) in [5, 5.41) is 13.2. The molecule has 4 N–H and O–H groups in total. The summed E-state index contributed by atoms with van der Waals surface area (Å²) >= 11 is 0. The van der Waals surface area contributed by atoms with Gasteiger partial charge in [-0.25, -0.2) is 0 Å². The molecule has 32 heavy (non-hydrogen) atoms. The SMILES string of the molecule is CO[P+](=O)OC[C@H]1O[C@@H](C2CCCC(C#CCNC(=O)CCCCCN)CCC2)C[C@H]1O. The Bertz CT molecular complexity index is 628. The topological polar surface area (TPSA) is 120 Å². The fraction of sp³-hybridized carbons (Fsp3) is 0.870. The van der Waals surface area contributed by atoms with Crippen LogP contribution in [0.4, 0.5) is 0 Å². The molecule has 182 valence electrons. The molecule has 0 radical (unpaired) electrons. The minimum Gasteiger partial charge on any atom is -0.390 e. The smallest absolute Gasteiger partial charge is 0.390 e. The number of hydrogen-bond donors (Lipinski definition) is 3. The van der Waals surface area contributed by atoms with Crippen molar-refractivity contribution in [2.45, 2.75) is 88.9 Å². The largest absolute Gasteiger partial charge is 0.697 e. The van der Waals surface area contributed by atoms with E-state index < -0.39 is 20.5 Å². The normalized spacial score (nSPS) is 28.8. The molecule has 2 rings (SSSR count). The summed E-state index contributed by atoms with van der Waals surface area (Å²) < 4.78 is 27.0. The van der Waals surface area contributed by atoms with E-state index in [1.54, 1.807) is 0 Å². The van der Waals surface area contributed by atoms with Crippen molar-refractivity contribution in [1.82, 2.24) is 5.32 Å². The van der Waals surface area contributed by atoms with E-state index >= 15 is 0 Å². The molecular weight excluding hydrogens is 431 g/mol. The van der Waals surface area contributed by atoms with Crippen LogP contribution in [-0.2, 0) is 23.1 Å². The maximum absolute atomic E-state index is 11.8. The quantitative estimate of drug-likeness (QED) is 0.241. The minimum atomic E-state index is -2.15. The highest BCUT2D eigenvalue weighted by atomic mass is 31.1. The summed E-state index contributed by atoms with van der Waals surface area (Å²) in [5.74, 6) is 7.33. The van der Waals surface area contributed by atoms with Gasteiger partial charge in [0.2, 0.25) is 5.91 Å². The zero-order chi connectivity index (χ0) is 23.2. The lowest BCUT2D eigenvalue weighted by atomic mass is 9.82. The number of amides is 1.